The Bertz CT molecular complexity index is 227. The number of hydrogen-bond donors (Lipinski definition) is 1. The lowest BCUT2D eigenvalue weighted by Crippen LogP contribution is -2.62. The minimum atomic E-state index is 0.850. The first-order chi connectivity index (χ1) is 7.88. The Morgan fingerprint density at radius 2 is 1.81 bits per heavy atom. The van der Waals surface area contributed by atoms with E-state index in [1.165, 1.54) is 58.5 Å². The zero-order chi connectivity index (χ0) is 11.0. The number of nitrogens with one attached hydrogen (secondary N) is 1. The Kier molecular flexibility index (Phi) is 3.18. The van der Waals surface area contributed by atoms with Crippen molar-refractivity contribution in [3.8, 4) is 0 Å². The first kappa shape index (κ1) is 11.0. The maximum atomic E-state index is 3.38. The molecule has 0 spiro atoms. The van der Waals surface area contributed by atoms with E-state index in [2.05, 4.69) is 22.0 Å². The Hall–Kier alpha value is -0.120. The second kappa shape index (κ2) is 4.63. The van der Waals surface area contributed by atoms with Crippen LogP contribution < -0.4 is 5.32 Å². The third-order valence-electron chi connectivity index (χ3n) is 4.68. The van der Waals surface area contributed by atoms with Gasteiger partial charge in [0.1, 0.15) is 0 Å². The summed E-state index contributed by atoms with van der Waals surface area (Å²) in [5.74, 6) is 1.04. The molecule has 2 aliphatic heterocycles. The van der Waals surface area contributed by atoms with Crippen LogP contribution in [-0.2, 0) is 0 Å². The predicted molar refractivity (Wildman–Crippen MR) is 66.6 cm³/mol. The number of hydrogen-bond acceptors (Lipinski definition) is 3. The SMILES string of the molecule is CCC(C1CC1)N1CCN(C2CNC2)CC1. The van der Waals surface area contributed by atoms with Crippen LogP contribution in [0.2, 0.25) is 0 Å². The summed E-state index contributed by atoms with van der Waals surface area (Å²) in [6.45, 7) is 10.0. The summed E-state index contributed by atoms with van der Waals surface area (Å²) < 4.78 is 0. The standard InChI is InChI=1S/C13H25N3/c1-2-13(11-3-4-11)16-7-5-15(6-8-16)12-9-14-10-12/h11-14H,2-10H2,1H3. The summed E-state index contributed by atoms with van der Waals surface area (Å²) in [7, 11) is 0. The highest BCUT2D eigenvalue weighted by Gasteiger charge is 2.36. The molecule has 0 bridgehead atoms. The quantitative estimate of drug-likeness (QED) is 0.759. The van der Waals surface area contributed by atoms with E-state index in [0.29, 0.717) is 0 Å². The van der Waals surface area contributed by atoms with Gasteiger partial charge < -0.3 is 5.32 Å². The summed E-state index contributed by atoms with van der Waals surface area (Å²) in [4.78, 5) is 5.45. The number of piperazine rings is 1. The summed E-state index contributed by atoms with van der Waals surface area (Å²) >= 11 is 0. The molecule has 1 unspecified atom stereocenters. The zero-order valence-corrected chi connectivity index (χ0v) is 10.5. The Labute approximate surface area is 99.2 Å². The predicted octanol–water partition coefficient (Wildman–Crippen LogP) is 0.764. The van der Waals surface area contributed by atoms with E-state index < -0.39 is 0 Å². The third-order valence-corrected chi connectivity index (χ3v) is 4.68. The second-order valence-corrected chi connectivity index (χ2v) is 5.70. The minimum absolute atomic E-state index is 0.850. The lowest BCUT2D eigenvalue weighted by molar-refractivity contribution is 0.0451. The van der Waals surface area contributed by atoms with Crippen molar-refractivity contribution in [2.45, 2.75) is 38.3 Å². The van der Waals surface area contributed by atoms with Crippen molar-refractivity contribution in [2.24, 2.45) is 5.92 Å². The van der Waals surface area contributed by atoms with Crippen LogP contribution in [0, 0.1) is 5.92 Å². The molecular formula is C13H25N3. The highest BCUT2D eigenvalue weighted by molar-refractivity contribution is 4.92. The van der Waals surface area contributed by atoms with Crippen molar-refractivity contribution in [1.82, 2.24) is 15.1 Å². The molecule has 1 saturated carbocycles. The molecule has 1 atom stereocenters. The van der Waals surface area contributed by atoms with E-state index in [1.807, 2.05) is 0 Å². The van der Waals surface area contributed by atoms with Gasteiger partial charge in [-0.1, -0.05) is 6.92 Å². The number of nitrogens with zero attached hydrogens (tertiary/aromatic N) is 2. The van der Waals surface area contributed by atoms with Crippen LogP contribution in [0.25, 0.3) is 0 Å². The van der Waals surface area contributed by atoms with Gasteiger partial charge in [0.05, 0.1) is 0 Å². The minimum Gasteiger partial charge on any atom is -0.314 e. The average Bonchev–Trinajstić information content (AvgIpc) is 3.03. The van der Waals surface area contributed by atoms with E-state index in [0.717, 1.165) is 18.0 Å². The lowest BCUT2D eigenvalue weighted by atomic mass is 10.1. The molecule has 0 aromatic rings. The number of rotatable bonds is 4. The molecule has 1 N–H and O–H groups in total. The molecule has 3 nitrogen and oxygen atoms in total. The van der Waals surface area contributed by atoms with Crippen molar-refractivity contribution >= 4 is 0 Å². The summed E-state index contributed by atoms with van der Waals surface area (Å²) in [5.41, 5.74) is 0. The van der Waals surface area contributed by atoms with E-state index in [-0.39, 0.29) is 0 Å². The molecule has 3 rings (SSSR count). The van der Waals surface area contributed by atoms with Crippen LogP contribution in [0.5, 0.6) is 0 Å². The fraction of sp³-hybridized carbons (Fsp3) is 1.00. The molecule has 0 amide bonds. The Balaban J connectivity index is 1.48. The molecule has 1 aliphatic carbocycles. The summed E-state index contributed by atoms with van der Waals surface area (Å²) in [6.07, 6.45) is 4.34. The highest BCUT2D eigenvalue weighted by atomic mass is 15.3. The molecule has 0 aromatic heterocycles. The summed E-state index contributed by atoms with van der Waals surface area (Å²) in [5, 5.41) is 3.38. The van der Waals surface area contributed by atoms with Crippen LogP contribution in [0.3, 0.4) is 0 Å². The van der Waals surface area contributed by atoms with Crippen molar-refractivity contribution < 1.29 is 0 Å². The van der Waals surface area contributed by atoms with E-state index in [9.17, 15) is 0 Å². The van der Waals surface area contributed by atoms with Crippen LogP contribution in [0.4, 0.5) is 0 Å². The van der Waals surface area contributed by atoms with Crippen LogP contribution >= 0.6 is 0 Å². The maximum Gasteiger partial charge on any atom is 0.0346 e. The smallest absolute Gasteiger partial charge is 0.0346 e. The topological polar surface area (TPSA) is 18.5 Å². The molecule has 3 fully saturated rings. The molecule has 2 heterocycles. The largest absolute Gasteiger partial charge is 0.314 e. The molecule has 0 aromatic carbocycles. The maximum absolute atomic E-state index is 3.38. The van der Waals surface area contributed by atoms with Gasteiger partial charge >= 0.3 is 0 Å². The van der Waals surface area contributed by atoms with Gasteiger partial charge in [0.15, 0.2) is 0 Å². The molecule has 16 heavy (non-hydrogen) atoms. The monoisotopic (exact) mass is 223 g/mol. The molecule has 92 valence electrons. The van der Waals surface area contributed by atoms with Gasteiger partial charge in [0.2, 0.25) is 0 Å². The highest BCUT2D eigenvalue weighted by Crippen LogP contribution is 2.37. The molecule has 3 heteroatoms. The Morgan fingerprint density at radius 1 is 1.12 bits per heavy atom. The fourth-order valence-electron chi connectivity index (χ4n) is 3.34. The second-order valence-electron chi connectivity index (χ2n) is 5.70. The lowest BCUT2D eigenvalue weighted by Gasteiger charge is -2.45. The van der Waals surface area contributed by atoms with Crippen molar-refractivity contribution in [3.63, 3.8) is 0 Å². The van der Waals surface area contributed by atoms with Crippen LogP contribution in [-0.4, -0.2) is 61.2 Å². The average molecular weight is 223 g/mol. The molecular weight excluding hydrogens is 198 g/mol. The van der Waals surface area contributed by atoms with Gasteiger partial charge in [-0.2, -0.15) is 0 Å². The van der Waals surface area contributed by atoms with Gasteiger partial charge in [0.25, 0.3) is 0 Å². The van der Waals surface area contributed by atoms with Gasteiger partial charge in [-0.05, 0) is 25.2 Å². The molecule has 0 radical (unpaired) electrons. The van der Waals surface area contributed by atoms with Crippen LogP contribution in [0.1, 0.15) is 26.2 Å². The third kappa shape index (κ3) is 2.13. The Morgan fingerprint density at radius 3 is 2.25 bits per heavy atom. The van der Waals surface area contributed by atoms with E-state index in [4.69, 9.17) is 0 Å². The molecule has 3 aliphatic rings. The van der Waals surface area contributed by atoms with Gasteiger partial charge in [-0.15, -0.1) is 0 Å². The van der Waals surface area contributed by atoms with Crippen molar-refractivity contribution in [1.29, 1.82) is 0 Å². The van der Waals surface area contributed by atoms with Gasteiger partial charge in [-0.25, -0.2) is 0 Å². The van der Waals surface area contributed by atoms with Crippen molar-refractivity contribution in [2.75, 3.05) is 39.3 Å². The summed E-state index contributed by atoms with van der Waals surface area (Å²) in [6, 6.07) is 1.75. The van der Waals surface area contributed by atoms with Gasteiger partial charge in [-0.3, -0.25) is 9.80 Å². The van der Waals surface area contributed by atoms with Crippen LogP contribution in [0.15, 0.2) is 0 Å². The zero-order valence-electron chi connectivity index (χ0n) is 10.5. The molecule has 2 saturated heterocycles. The van der Waals surface area contributed by atoms with E-state index in [1.54, 1.807) is 0 Å². The van der Waals surface area contributed by atoms with E-state index >= 15 is 0 Å². The van der Waals surface area contributed by atoms with Crippen molar-refractivity contribution in [3.05, 3.63) is 0 Å². The first-order valence-corrected chi connectivity index (χ1v) is 7.07. The fourth-order valence-corrected chi connectivity index (χ4v) is 3.34. The van der Waals surface area contributed by atoms with Gasteiger partial charge in [0, 0.05) is 51.4 Å². The first-order valence-electron chi connectivity index (χ1n) is 7.07. The normalized spacial score (nSPS) is 31.3.